The number of carbonyl (C=O) groups is 2. The van der Waals surface area contributed by atoms with E-state index in [1.165, 1.54) is 18.3 Å². The van der Waals surface area contributed by atoms with E-state index in [9.17, 15) is 14.7 Å². The van der Waals surface area contributed by atoms with E-state index in [4.69, 9.17) is 0 Å². The number of fused-ring (bicyclic) bond motifs is 1. The fourth-order valence-electron chi connectivity index (χ4n) is 2.70. The fraction of sp³-hybridized carbons (Fsp3) is 0.333. The number of Topliss-reactive ketones (excluding diaryl/α,β-unsaturated/α-hetero) is 2. The number of carbonyl (C=O) groups excluding carboxylic acids is 2. The third-order valence-electron chi connectivity index (χ3n) is 4.13. The van der Waals surface area contributed by atoms with E-state index in [0.29, 0.717) is 33.9 Å². The molecule has 1 aliphatic carbocycles. The number of nitrogens with zero attached hydrogens (tertiary/aromatic N) is 2. The van der Waals surface area contributed by atoms with Crippen LogP contribution in [0.25, 0.3) is 5.76 Å². The first-order valence-corrected chi connectivity index (χ1v) is 8.57. The molecule has 0 unspecified atom stereocenters. The molecule has 124 valence electrons. The second kappa shape index (κ2) is 6.28. The van der Waals surface area contributed by atoms with Crippen LogP contribution in [0.5, 0.6) is 0 Å². The monoisotopic (exact) mass is 342 g/mol. The molecule has 1 aliphatic rings. The van der Waals surface area contributed by atoms with E-state index < -0.39 is 0 Å². The van der Waals surface area contributed by atoms with Gasteiger partial charge in [-0.25, -0.2) is 4.98 Å². The lowest BCUT2D eigenvalue weighted by Gasteiger charge is -2.15. The Kier molecular flexibility index (Phi) is 4.32. The number of aliphatic hydroxyl groups excluding tert-OH is 1. The molecular formula is C18H18N2O3S. The number of pyridine rings is 1. The molecule has 2 aromatic heterocycles. The molecular weight excluding hydrogens is 324 g/mol. The highest BCUT2D eigenvalue weighted by atomic mass is 32.1. The van der Waals surface area contributed by atoms with E-state index >= 15 is 0 Å². The predicted molar refractivity (Wildman–Crippen MR) is 92.4 cm³/mol. The van der Waals surface area contributed by atoms with E-state index in [-0.39, 0.29) is 23.7 Å². The largest absolute Gasteiger partial charge is 0.507 e. The number of ketones is 2. The Balaban J connectivity index is 1.98. The van der Waals surface area contributed by atoms with Gasteiger partial charge in [0.05, 0.1) is 17.0 Å². The number of thiazole rings is 1. The first kappa shape index (κ1) is 16.5. The van der Waals surface area contributed by atoms with Gasteiger partial charge in [-0.1, -0.05) is 0 Å². The van der Waals surface area contributed by atoms with Crippen molar-refractivity contribution in [2.75, 3.05) is 0 Å². The van der Waals surface area contributed by atoms with Crippen molar-refractivity contribution in [2.24, 2.45) is 0 Å². The Morgan fingerprint density at radius 3 is 2.75 bits per heavy atom. The maximum absolute atomic E-state index is 12.7. The number of aromatic nitrogens is 2. The van der Waals surface area contributed by atoms with Crippen LogP contribution in [0.15, 0.2) is 17.8 Å². The molecule has 0 spiro atoms. The van der Waals surface area contributed by atoms with Crippen LogP contribution in [-0.4, -0.2) is 26.6 Å². The SMILES string of the molecule is CC(=O)Cc1nc2c(s1)C(=O)C(=C(O)c1cnc(C)c(C)c1)CC2. The molecule has 24 heavy (non-hydrogen) atoms. The molecule has 2 heterocycles. The van der Waals surface area contributed by atoms with Crippen LogP contribution in [0, 0.1) is 13.8 Å². The highest BCUT2D eigenvalue weighted by Gasteiger charge is 2.29. The first-order valence-electron chi connectivity index (χ1n) is 7.75. The van der Waals surface area contributed by atoms with Crippen molar-refractivity contribution in [3.63, 3.8) is 0 Å². The van der Waals surface area contributed by atoms with Gasteiger partial charge in [0.1, 0.15) is 16.6 Å². The summed E-state index contributed by atoms with van der Waals surface area (Å²) in [6, 6.07) is 1.83. The average Bonchev–Trinajstić information content (AvgIpc) is 2.92. The normalized spacial score (nSPS) is 16.0. The number of hydrogen-bond acceptors (Lipinski definition) is 6. The third-order valence-corrected chi connectivity index (χ3v) is 5.23. The minimum Gasteiger partial charge on any atom is -0.507 e. The minimum absolute atomic E-state index is 0.0113. The summed E-state index contributed by atoms with van der Waals surface area (Å²) < 4.78 is 0. The van der Waals surface area contributed by atoms with Gasteiger partial charge in [0, 0.05) is 23.0 Å². The smallest absolute Gasteiger partial charge is 0.204 e. The fourth-order valence-corrected chi connectivity index (χ4v) is 3.85. The lowest BCUT2D eigenvalue weighted by atomic mass is 9.93. The van der Waals surface area contributed by atoms with Crippen molar-refractivity contribution in [3.05, 3.63) is 50.2 Å². The molecule has 0 bridgehead atoms. The van der Waals surface area contributed by atoms with Crippen molar-refractivity contribution < 1.29 is 14.7 Å². The summed E-state index contributed by atoms with van der Waals surface area (Å²) in [5.74, 6) is -0.185. The van der Waals surface area contributed by atoms with Gasteiger partial charge in [0.15, 0.2) is 0 Å². The molecule has 3 rings (SSSR count). The van der Waals surface area contributed by atoms with Crippen LogP contribution in [0.1, 0.15) is 50.5 Å². The van der Waals surface area contributed by atoms with Crippen molar-refractivity contribution in [2.45, 2.75) is 40.0 Å². The van der Waals surface area contributed by atoms with E-state index in [2.05, 4.69) is 9.97 Å². The summed E-state index contributed by atoms with van der Waals surface area (Å²) in [6.45, 7) is 5.32. The maximum atomic E-state index is 12.7. The molecule has 0 atom stereocenters. The molecule has 6 heteroatoms. The van der Waals surface area contributed by atoms with Gasteiger partial charge in [0.2, 0.25) is 5.78 Å². The molecule has 5 nitrogen and oxygen atoms in total. The highest BCUT2D eigenvalue weighted by molar-refractivity contribution is 7.14. The summed E-state index contributed by atoms with van der Waals surface area (Å²) in [6.07, 6.45) is 2.86. The second-order valence-corrected chi connectivity index (χ2v) is 7.13. The van der Waals surface area contributed by atoms with E-state index in [0.717, 1.165) is 17.0 Å². The van der Waals surface area contributed by atoms with Gasteiger partial charge >= 0.3 is 0 Å². The zero-order valence-corrected chi connectivity index (χ0v) is 14.7. The zero-order chi connectivity index (χ0) is 17.4. The Labute approximate surface area is 144 Å². The summed E-state index contributed by atoms with van der Waals surface area (Å²) in [7, 11) is 0. The minimum atomic E-state index is -0.195. The number of hydrogen-bond donors (Lipinski definition) is 1. The van der Waals surface area contributed by atoms with Crippen molar-refractivity contribution in [1.29, 1.82) is 0 Å². The molecule has 0 aromatic carbocycles. The van der Waals surface area contributed by atoms with Crippen LogP contribution in [0.4, 0.5) is 0 Å². The van der Waals surface area contributed by atoms with Gasteiger partial charge in [-0.3, -0.25) is 14.6 Å². The standard InChI is InChI=1S/C18H18N2O3S/c1-9-6-12(8-19-11(9)3)16(22)13-4-5-14-18(17(13)23)24-15(20-14)7-10(2)21/h6,8,22H,4-5,7H2,1-3H3. The lowest BCUT2D eigenvalue weighted by molar-refractivity contribution is -0.116. The van der Waals surface area contributed by atoms with Crippen LogP contribution >= 0.6 is 11.3 Å². The predicted octanol–water partition coefficient (Wildman–Crippen LogP) is 3.38. The average molecular weight is 342 g/mol. The van der Waals surface area contributed by atoms with Crippen LogP contribution in [0.3, 0.4) is 0 Å². The highest BCUT2D eigenvalue weighted by Crippen LogP contribution is 2.33. The van der Waals surface area contributed by atoms with E-state index in [1.54, 1.807) is 6.20 Å². The van der Waals surface area contributed by atoms with Crippen LogP contribution in [-0.2, 0) is 17.6 Å². The number of aryl methyl sites for hydroxylation is 3. The summed E-state index contributed by atoms with van der Waals surface area (Å²) >= 11 is 1.25. The Bertz CT molecular complexity index is 880. The zero-order valence-electron chi connectivity index (χ0n) is 13.8. The van der Waals surface area contributed by atoms with Gasteiger partial charge in [0.25, 0.3) is 0 Å². The van der Waals surface area contributed by atoms with Gasteiger partial charge < -0.3 is 5.11 Å². The van der Waals surface area contributed by atoms with Crippen molar-refractivity contribution >= 4 is 28.7 Å². The summed E-state index contributed by atoms with van der Waals surface area (Å²) in [5, 5.41) is 11.2. The first-order chi connectivity index (χ1) is 11.4. The number of rotatable bonds is 3. The van der Waals surface area contributed by atoms with Crippen molar-refractivity contribution in [3.8, 4) is 0 Å². The lowest BCUT2D eigenvalue weighted by Crippen LogP contribution is -2.14. The number of allylic oxidation sites excluding steroid dienone is 1. The van der Waals surface area contributed by atoms with Gasteiger partial charge in [-0.05, 0) is 45.2 Å². The van der Waals surface area contributed by atoms with Gasteiger partial charge in [-0.2, -0.15) is 0 Å². The second-order valence-electron chi connectivity index (χ2n) is 6.04. The summed E-state index contributed by atoms with van der Waals surface area (Å²) in [4.78, 5) is 33.2. The van der Waals surface area contributed by atoms with Gasteiger partial charge in [-0.15, -0.1) is 11.3 Å². The molecule has 0 fully saturated rings. The topological polar surface area (TPSA) is 80.2 Å². The van der Waals surface area contributed by atoms with Crippen molar-refractivity contribution in [1.82, 2.24) is 9.97 Å². The Hall–Kier alpha value is -2.34. The molecule has 0 saturated carbocycles. The quantitative estimate of drug-likeness (QED) is 0.683. The van der Waals surface area contributed by atoms with E-state index in [1.807, 2.05) is 19.9 Å². The molecule has 0 radical (unpaired) electrons. The molecule has 0 amide bonds. The van der Waals surface area contributed by atoms with Crippen LogP contribution < -0.4 is 0 Å². The van der Waals surface area contributed by atoms with Crippen LogP contribution in [0.2, 0.25) is 0 Å². The summed E-state index contributed by atoms with van der Waals surface area (Å²) in [5.41, 5.74) is 3.54. The maximum Gasteiger partial charge on any atom is 0.204 e. The Morgan fingerprint density at radius 1 is 1.33 bits per heavy atom. The number of aliphatic hydroxyl groups is 1. The molecule has 0 aliphatic heterocycles. The molecule has 0 saturated heterocycles. The molecule has 2 aromatic rings. The molecule has 1 N–H and O–H groups in total. The Morgan fingerprint density at radius 2 is 2.08 bits per heavy atom. The third kappa shape index (κ3) is 3.01.